The molecule has 2 heterocycles. The molecule has 7 heteroatoms. The zero-order chi connectivity index (χ0) is 13.8. The van der Waals surface area contributed by atoms with Crippen molar-refractivity contribution in [2.24, 2.45) is 7.05 Å². The topological polar surface area (TPSA) is 74.1 Å². The van der Waals surface area contributed by atoms with Crippen LogP contribution in [0.25, 0.3) is 0 Å². The lowest BCUT2D eigenvalue weighted by molar-refractivity contribution is 0.353. The molecule has 0 fully saturated rings. The standard InChI is InChI=1S/C12H17N5O2/c1-13-10(8-6-17(2)7-15-8)11-12(19-4)16-9(18-3)5-14-11/h5-7,10,13H,1-4H3. The normalized spacial score (nSPS) is 12.2. The number of hydrogen-bond donors (Lipinski definition) is 1. The third-order valence-corrected chi connectivity index (χ3v) is 2.73. The van der Waals surface area contributed by atoms with Crippen molar-refractivity contribution in [3.8, 4) is 11.8 Å². The molecular formula is C12H17N5O2. The quantitative estimate of drug-likeness (QED) is 0.848. The molecule has 1 unspecified atom stereocenters. The minimum atomic E-state index is -0.186. The van der Waals surface area contributed by atoms with Crippen LogP contribution in [-0.2, 0) is 7.05 Å². The summed E-state index contributed by atoms with van der Waals surface area (Å²) < 4.78 is 12.2. The molecule has 0 spiro atoms. The first-order valence-electron chi connectivity index (χ1n) is 5.79. The minimum absolute atomic E-state index is 0.186. The summed E-state index contributed by atoms with van der Waals surface area (Å²) in [5, 5.41) is 3.16. The molecule has 19 heavy (non-hydrogen) atoms. The first kappa shape index (κ1) is 13.3. The number of methoxy groups -OCH3 is 2. The average molecular weight is 263 g/mol. The Labute approximate surface area is 111 Å². The fourth-order valence-electron chi connectivity index (χ4n) is 1.82. The number of nitrogens with zero attached hydrogens (tertiary/aromatic N) is 4. The summed E-state index contributed by atoms with van der Waals surface area (Å²) in [6.45, 7) is 0. The highest BCUT2D eigenvalue weighted by atomic mass is 16.5. The molecule has 2 aromatic heterocycles. The fraction of sp³-hybridized carbons (Fsp3) is 0.417. The Bertz CT molecular complexity index is 555. The zero-order valence-electron chi connectivity index (χ0n) is 11.4. The molecule has 0 aliphatic heterocycles. The third-order valence-electron chi connectivity index (χ3n) is 2.73. The molecule has 0 saturated carbocycles. The summed E-state index contributed by atoms with van der Waals surface area (Å²) in [5.41, 5.74) is 1.52. The second-order valence-corrected chi connectivity index (χ2v) is 3.99. The van der Waals surface area contributed by atoms with E-state index in [4.69, 9.17) is 9.47 Å². The van der Waals surface area contributed by atoms with Gasteiger partial charge >= 0.3 is 0 Å². The zero-order valence-corrected chi connectivity index (χ0v) is 11.4. The molecule has 0 bridgehead atoms. The van der Waals surface area contributed by atoms with Gasteiger partial charge in [-0.3, -0.25) is 0 Å². The summed E-state index contributed by atoms with van der Waals surface area (Å²) in [4.78, 5) is 12.9. The SMILES string of the molecule is CNC(c1cn(C)cn1)c1ncc(OC)nc1OC. The van der Waals surface area contributed by atoms with Gasteiger partial charge in [-0.15, -0.1) is 0 Å². The first-order valence-corrected chi connectivity index (χ1v) is 5.79. The van der Waals surface area contributed by atoms with Gasteiger partial charge in [-0.05, 0) is 7.05 Å². The van der Waals surface area contributed by atoms with E-state index in [1.54, 1.807) is 19.6 Å². The van der Waals surface area contributed by atoms with E-state index in [0.717, 1.165) is 5.69 Å². The van der Waals surface area contributed by atoms with E-state index in [1.165, 1.54) is 7.11 Å². The number of aryl methyl sites for hydroxylation is 1. The molecule has 0 aliphatic carbocycles. The van der Waals surface area contributed by atoms with Crippen LogP contribution in [0.15, 0.2) is 18.7 Å². The highest BCUT2D eigenvalue weighted by molar-refractivity contribution is 5.30. The van der Waals surface area contributed by atoms with Crippen LogP contribution in [0.4, 0.5) is 0 Å². The maximum Gasteiger partial charge on any atom is 0.240 e. The van der Waals surface area contributed by atoms with Crippen molar-refractivity contribution in [3.63, 3.8) is 0 Å². The summed E-state index contributed by atoms with van der Waals surface area (Å²) >= 11 is 0. The summed E-state index contributed by atoms with van der Waals surface area (Å²) in [7, 11) is 6.85. The summed E-state index contributed by atoms with van der Waals surface area (Å²) in [6.07, 6.45) is 5.22. The summed E-state index contributed by atoms with van der Waals surface area (Å²) in [6, 6.07) is -0.186. The van der Waals surface area contributed by atoms with Crippen LogP contribution in [0.3, 0.4) is 0 Å². The molecular weight excluding hydrogens is 246 g/mol. The number of rotatable bonds is 5. The Morgan fingerprint density at radius 2 is 2.05 bits per heavy atom. The van der Waals surface area contributed by atoms with Crippen molar-refractivity contribution in [2.45, 2.75) is 6.04 Å². The fourth-order valence-corrected chi connectivity index (χ4v) is 1.82. The van der Waals surface area contributed by atoms with E-state index in [1.807, 2.05) is 24.9 Å². The molecule has 2 aromatic rings. The smallest absolute Gasteiger partial charge is 0.240 e. The van der Waals surface area contributed by atoms with Gasteiger partial charge in [-0.2, -0.15) is 4.98 Å². The van der Waals surface area contributed by atoms with Gasteiger partial charge in [-0.25, -0.2) is 9.97 Å². The van der Waals surface area contributed by atoms with Gasteiger partial charge in [-0.1, -0.05) is 0 Å². The molecule has 7 nitrogen and oxygen atoms in total. The van der Waals surface area contributed by atoms with Crippen molar-refractivity contribution in [2.75, 3.05) is 21.3 Å². The number of imidazole rings is 1. The number of nitrogens with one attached hydrogen (secondary N) is 1. The van der Waals surface area contributed by atoms with Crippen LogP contribution in [-0.4, -0.2) is 40.8 Å². The van der Waals surface area contributed by atoms with E-state index in [2.05, 4.69) is 20.3 Å². The van der Waals surface area contributed by atoms with E-state index in [0.29, 0.717) is 17.5 Å². The lowest BCUT2D eigenvalue weighted by Gasteiger charge is -2.16. The molecule has 1 N–H and O–H groups in total. The average Bonchev–Trinajstić information content (AvgIpc) is 2.86. The van der Waals surface area contributed by atoms with Crippen molar-refractivity contribution < 1.29 is 9.47 Å². The van der Waals surface area contributed by atoms with E-state index in [-0.39, 0.29) is 6.04 Å². The molecule has 0 amide bonds. The summed E-state index contributed by atoms with van der Waals surface area (Å²) in [5.74, 6) is 0.834. The van der Waals surface area contributed by atoms with E-state index < -0.39 is 0 Å². The van der Waals surface area contributed by atoms with Crippen molar-refractivity contribution in [1.29, 1.82) is 0 Å². The Morgan fingerprint density at radius 3 is 2.58 bits per heavy atom. The van der Waals surface area contributed by atoms with Crippen molar-refractivity contribution in [1.82, 2.24) is 24.8 Å². The molecule has 0 aliphatic rings. The molecule has 0 radical (unpaired) electrons. The number of aromatic nitrogens is 4. The van der Waals surface area contributed by atoms with Gasteiger partial charge in [0, 0.05) is 13.2 Å². The van der Waals surface area contributed by atoms with Gasteiger partial charge in [0.05, 0.1) is 38.5 Å². The van der Waals surface area contributed by atoms with Crippen LogP contribution in [0.2, 0.25) is 0 Å². The lowest BCUT2D eigenvalue weighted by atomic mass is 10.1. The maximum atomic E-state index is 5.27. The minimum Gasteiger partial charge on any atom is -0.480 e. The largest absolute Gasteiger partial charge is 0.480 e. The number of ether oxygens (including phenoxy) is 2. The highest BCUT2D eigenvalue weighted by Gasteiger charge is 2.22. The van der Waals surface area contributed by atoms with Gasteiger partial charge in [0.1, 0.15) is 5.69 Å². The van der Waals surface area contributed by atoms with Crippen molar-refractivity contribution >= 4 is 0 Å². The number of hydrogen-bond acceptors (Lipinski definition) is 6. The second-order valence-electron chi connectivity index (χ2n) is 3.99. The molecule has 102 valence electrons. The first-order chi connectivity index (χ1) is 9.19. The van der Waals surface area contributed by atoms with Crippen LogP contribution in [0.1, 0.15) is 17.4 Å². The Balaban J connectivity index is 2.43. The monoisotopic (exact) mass is 263 g/mol. The van der Waals surface area contributed by atoms with Gasteiger partial charge in [0.15, 0.2) is 0 Å². The van der Waals surface area contributed by atoms with Crippen LogP contribution in [0, 0.1) is 0 Å². The molecule has 0 aromatic carbocycles. The second kappa shape index (κ2) is 5.66. The Morgan fingerprint density at radius 1 is 1.26 bits per heavy atom. The van der Waals surface area contributed by atoms with Crippen LogP contribution < -0.4 is 14.8 Å². The molecule has 0 saturated heterocycles. The van der Waals surface area contributed by atoms with Crippen molar-refractivity contribution in [3.05, 3.63) is 30.1 Å². The Kier molecular flexibility index (Phi) is 3.96. The van der Waals surface area contributed by atoms with Crippen LogP contribution in [0.5, 0.6) is 11.8 Å². The van der Waals surface area contributed by atoms with Crippen LogP contribution >= 0.6 is 0 Å². The molecule has 1 atom stereocenters. The molecule has 2 rings (SSSR count). The Hall–Kier alpha value is -2.15. The lowest BCUT2D eigenvalue weighted by Crippen LogP contribution is -2.20. The third kappa shape index (κ3) is 2.65. The van der Waals surface area contributed by atoms with E-state index in [9.17, 15) is 0 Å². The highest BCUT2D eigenvalue weighted by Crippen LogP contribution is 2.26. The predicted octanol–water partition coefficient (Wildman–Crippen LogP) is 0.536. The van der Waals surface area contributed by atoms with Gasteiger partial charge in [0.25, 0.3) is 0 Å². The maximum absolute atomic E-state index is 5.27. The van der Waals surface area contributed by atoms with E-state index >= 15 is 0 Å². The predicted molar refractivity (Wildman–Crippen MR) is 69.2 cm³/mol. The van der Waals surface area contributed by atoms with Gasteiger partial charge in [0.2, 0.25) is 11.8 Å². The van der Waals surface area contributed by atoms with Gasteiger partial charge < -0.3 is 19.4 Å².